The number of hydrogen-bond acceptors (Lipinski definition) is 5. The van der Waals surface area contributed by atoms with E-state index < -0.39 is 11.8 Å². The Kier molecular flexibility index (Phi) is 4.75. The molecule has 0 saturated carbocycles. The first-order valence-electron chi connectivity index (χ1n) is 8.27. The maximum Gasteiger partial charge on any atom is 0.438 e. The summed E-state index contributed by atoms with van der Waals surface area (Å²) in [6, 6.07) is 11.0. The van der Waals surface area contributed by atoms with Gasteiger partial charge in [-0.2, -0.15) is 5.10 Å². The first-order chi connectivity index (χ1) is 12.3. The molecule has 1 amide bonds. The van der Waals surface area contributed by atoms with Gasteiger partial charge in [0, 0.05) is 6.20 Å². The zero-order valence-electron chi connectivity index (χ0n) is 14.9. The summed E-state index contributed by atoms with van der Waals surface area (Å²) in [5.74, 6) is -0.726. The number of carbonyl (C=O) groups is 1. The van der Waals surface area contributed by atoms with Gasteiger partial charge >= 0.3 is 5.76 Å². The van der Waals surface area contributed by atoms with E-state index in [4.69, 9.17) is 0 Å². The summed E-state index contributed by atoms with van der Waals surface area (Å²) in [5, 5.41) is 10.9. The zero-order valence-corrected chi connectivity index (χ0v) is 14.9. The normalized spacial score (nSPS) is 12.7. The molecule has 1 unspecified atom stereocenters. The zero-order chi connectivity index (χ0) is 18.7. The molecule has 0 aliphatic carbocycles. The molecule has 1 atom stereocenters. The maximum absolute atomic E-state index is 12.6. The lowest BCUT2D eigenvalue weighted by atomic mass is 9.86. The predicted octanol–water partition coefficient (Wildman–Crippen LogP) is 2.12. The third-order valence-corrected chi connectivity index (χ3v) is 3.93. The molecule has 136 valence electrons. The Morgan fingerprint density at radius 1 is 1.27 bits per heavy atom. The SMILES string of the molecule is CC(C)(C)C(NC(=O)c1ccn(Cc2ccccc2)n1)c1noc(=O)[nH]1. The van der Waals surface area contributed by atoms with Crippen molar-refractivity contribution in [3.05, 3.63) is 70.2 Å². The smallest absolute Gasteiger partial charge is 0.340 e. The van der Waals surface area contributed by atoms with Crippen LogP contribution >= 0.6 is 0 Å². The molecule has 2 heterocycles. The van der Waals surface area contributed by atoms with E-state index in [9.17, 15) is 9.59 Å². The van der Waals surface area contributed by atoms with Crippen molar-refractivity contribution in [3.8, 4) is 0 Å². The molecule has 1 aromatic carbocycles. The highest BCUT2D eigenvalue weighted by Crippen LogP contribution is 2.30. The summed E-state index contributed by atoms with van der Waals surface area (Å²) in [5.41, 5.74) is 0.999. The first kappa shape index (κ1) is 17.7. The number of amides is 1. The van der Waals surface area contributed by atoms with Crippen molar-refractivity contribution in [2.75, 3.05) is 0 Å². The number of nitrogens with one attached hydrogen (secondary N) is 2. The van der Waals surface area contributed by atoms with Gasteiger partial charge in [0.25, 0.3) is 5.91 Å². The monoisotopic (exact) mass is 355 g/mol. The van der Waals surface area contributed by atoms with E-state index in [0.29, 0.717) is 12.2 Å². The molecule has 0 aliphatic heterocycles. The van der Waals surface area contributed by atoms with Crippen LogP contribution in [-0.4, -0.2) is 25.8 Å². The second-order valence-electron chi connectivity index (χ2n) is 7.14. The number of hydrogen-bond donors (Lipinski definition) is 2. The van der Waals surface area contributed by atoms with E-state index in [1.54, 1.807) is 16.9 Å². The van der Waals surface area contributed by atoms with E-state index in [2.05, 4.69) is 25.1 Å². The maximum atomic E-state index is 12.6. The van der Waals surface area contributed by atoms with Gasteiger partial charge in [-0.15, -0.1) is 0 Å². The van der Waals surface area contributed by atoms with Crippen LogP contribution in [0.4, 0.5) is 0 Å². The number of aromatic nitrogens is 4. The van der Waals surface area contributed by atoms with Gasteiger partial charge < -0.3 is 5.32 Å². The van der Waals surface area contributed by atoms with Gasteiger partial charge in [-0.3, -0.25) is 19.0 Å². The molecular formula is C18H21N5O3. The predicted molar refractivity (Wildman–Crippen MR) is 94.6 cm³/mol. The summed E-state index contributed by atoms with van der Waals surface area (Å²) >= 11 is 0. The first-order valence-corrected chi connectivity index (χ1v) is 8.27. The summed E-state index contributed by atoms with van der Waals surface area (Å²) in [6.07, 6.45) is 1.76. The highest BCUT2D eigenvalue weighted by atomic mass is 16.5. The molecule has 0 aliphatic rings. The third kappa shape index (κ3) is 4.08. The molecule has 0 saturated heterocycles. The van der Waals surface area contributed by atoms with E-state index in [-0.39, 0.29) is 17.1 Å². The molecule has 8 nitrogen and oxygen atoms in total. The molecule has 3 rings (SSSR count). The number of carbonyl (C=O) groups excluding carboxylic acids is 1. The Morgan fingerprint density at radius 2 is 2.00 bits per heavy atom. The van der Waals surface area contributed by atoms with Crippen LogP contribution in [0.15, 0.2) is 51.9 Å². The molecule has 0 spiro atoms. The number of nitrogens with zero attached hydrogens (tertiary/aromatic N) is 3. The van der Waals surface area contributed by atoms with Crippen molar-refractivity contribution in [3.63, 3.8) is 0 Å². The Morgan fingerprint density at radius 3 is 2.62 bits per heavy atom. The van der Waals surface area contributed by atoms with Crippen LogP contribution in [0.1, 0.15) is 48.7 Å². The van der Waals surface area contributed by atoms with Gasteiger partial charge in [-0.25, -0.2) is 4.79 Å². The standard InChI is InChI=1S/C18H21N5O3/c1-18(2,3)14(15-20-17(25)26-22-15)19-16(24)13-9-10-23(21-13)11-12-7-5-4-6-8-12/h4-10,14H,11H2,1-3H3,(H,19,24)(H,20,22,25). The largest absolute Gasteiger partial charge is 0.438 e. The van der Waals surface area contributed by atoms with E-state index in [1.165, 1.54) is 0 Å². The molecule has 3 aromatic rings. The van der Waals surface area contributed by atoms with E-state index in [0.717, 1.165) is 5.56 Å². The average molecular weight is 355 g/mol. The topological polar surface area (TPSA) is 106 Å². The third-order valence-electron chi connectivity index (χ3n) is 3.93. The van der Waals surface area contributed by atoms with Crippen molar-refractivity contribution < 1.29 is 9.32 Å². The molecular weight excluding hydrogens is 334 g/mol. The summed E-state index contributed by atoms with van der Waals surface area (Å²) in [7, 11) is 0. The summed E-state index contributed by atoms with van der Waals surface area (Å²) in [4.78, 5) is 26.4. The average Bonchev–Trinajstić information content (AvgIpc) is 3.21. The Balaban J connectivity index is 1.75. The van der Waals surface area contributed by atoms with Crippen LogP contribution in [0, 0.1) is 5.41 Å². The number of aromatic amines is 1. The van der Waals surface area contributed by atoms with Crippen LogP contribution in [0.25, 0.3) is 0 Å². The minimum absolute atomic E-state index is 0.277. The number of rotatable bonds is 5. The molecule has 26 heavy (non-hydrogen) atoms. The highest BCUT2D eigenvalue weighted by Gasteiger charge is 2.32. The fourth-order valence-corrected chi connectivity index (χ4v) is 2.61. The summed E-state index contributed by atoms with van der Waals surface area (Å²) < 4.78 is 6.27. The molecule has 2 aromatic heterocycles. The van der Waals surface area contributed by atoms with Crippen molar-refractivity contribution in [2.24, 2.45) is 5.41 Å². The van der Waals surface area contributed by atoms with Gasteiger partial charge in [-0.05, 0) is 17.0 Å². The molecule has 2 N–H and O–H groups in total. The minimum atomic E-state index is -0.657. The second-order valence-corrected chi connectivity index (χ2v) is 7.14. The van der Waals surface area contributed by atoms with E-state index in [1.807, 2.05) is 51.1 Å². The fraction of sp³-hybridized carbons (Fsp3) is 0.333. The lowest BCUT2D eigenvalue weighted by Crippen LogP contribution is -2.37. The quantitative estimate of drug-likeness (QED) is 0.729. The van der Waals surface area contributed by atoms with Gasteiger partial charge in [0.1, 0.15) is 5.69 Å². The Labute approximate surface area is 150 Å². The Hall–Kier alpha value is -3.16. The van der Waals surface area contributed by atoms with Crippen molar-refractivity contribution in [1.82, 2.24) is 25.2 Å². The fourth-order valence-electron chi connectivity index (χ4n) is 2.61. The van der Waals surface area contributed by atoms with Crippen LogP contribution in [-0.2, 0) is 6.54 Å². The van der Waals surface area contributed by atoms with Crippen molar-refractivity contribution in [2.45, 2.75) is 33.4 Å². The molecule has 0 radical (unpaired) electrons. The van der Waals surface area contributed by atoms with Gasteiger partial charge in [0.15, 0.2) is 5.82 Å². The van der Waals surface area contributed by atoms with Crippen molar-refractivity contribution >= 4 is 5.91 Å². The Bertz CT molecular complexity index is 933. The van der Waals surface area contributed by atoms with Crippen LogP contribution < -0.4 is 11.1 Å². The minimum Gasteiger partial charge on any atom is -0.340 e. The van der Waals surface area contributed by atoms with Crippen molar-refractivity contribution in [1.29, 1.82) is 0 Å². The lowest BCUT2D eigenvalue weighted by molar-refractivity contribution is 0.0890. The van der Waals surface area contributed by atoms with Crippen LogP contribution in [0.5, 0.6) is 0 Å². The summed E-state index contributed by atoms with van der Waals surface area (Å²) in [6.45, 7) is 6.37. The molecule has 0 bridgehead atoms. The highest BCUT2D eigenvalue weighted by molar-refractivity contribution is 5.92. The molecule has 8 heteroatoms. The van der Waals surface area contributed by atoms with E-state index >= 15 is 0 Å². The number of H-pyrrole nitrogens is 1. The van der Waals surface area contributed by atoms with Crippen LogP contribution in [0.2, 0.25) is 0 Å². The lowest BCUT2D eigenvalue weighted by Gasteiger charge is -2.28. The van der Waals surface area contributed by atoms with Crippen LogP contribution in [0.3, 0.4) is 0 Å². The van der Waals surface area contributed by atoms with Gasteiger partial charge in [-0.1, -0.05) is 56.3 Å². The van der Waals surface area contributed by atoms with Gasteiger partial charge in [0.2, 0.25) is 0 Å². The number of benzene rings is 1. The van der Waals surface area contributed by atoms with Gasteiger partial charge in [0.05, 0.1) is 12.6 Å². The second kappa shape index (κ2) is 6.99. The molecule has 0 fully saturated rings.